The summed E-state index contributed by atoms with van der Waals surface area (Å²) in [5.74, 6) is 0.485. The van der Waals surface area contributed by atoms with Gasteiger partial charge < -0.3 is 34.9 Å². The highest BCUT2D eigenvalue weighted by atomic mass is 16.6. The Morgan fingerprint density at radius 1 is 0.667 bits per heavy atom. The van der Waals surface area contributed by atoms with Crippen LogP contribution in [0.1, 0.15) is 40.5 Å². The zero-order valence-electron chi connectivity index (χ0n) is 19.7. The number of nitrogens with one attached hydrogen (secondary N) is 3. The summed E-state index contributed by atoms with van der Waals surface area (Å²) in [6, 6.07) is 0. The van der Waals surface area contributed by atoms with Gasteiger partial charge in [0.2, 0.25) is 11.8 Å². The minimum atomic E-state index is 0.0152. The molecule has 0 spiro atoms. The third-order valence-electron chi connectivity index (χ3n) is 3.47. The van der Waals surface area contributed by atoms with Crippen LogP contribution in [-0.4, -0.2) is 91.4 Å². The van der Waals surface area contributed by atoms with E-state index < -0.39 is 0 Å². The molecule has 0 aliphatic heterocycles. The van der Waals surface area contributed by atoms with Crippen LogP contribution in [0.25, 0.3) is 0 Å². The molecule has 9 nitrogen and oxygen atoms in total. The van der Waals surface area contributed by atoms with Gasteiger partial charge in [-0.1, -0.05) is 27.7 Å². The third kappa shape index (κ3) is 26.7. The average Bonchev–Trinajstić information content (AvgIpc) is 2.74. The van der Waals surface area contributed by atoms with Gasteiger partial charge >= 0.3 is 0 Å². The largest absolute Gasteiger partial charge is 0.379 e. The predicted molar refractivity (Wildman–Crippen MR) is 119 cm³/mol. The Balaban J connectivity index is 0. The second-order valence-electron chi connectivity index (χ2n) is 6.60. The van der Waals surface area contributed by atoms with Crippen LogP contribution in [0, 0.1) is 5.92 Å². The summed E-state index contributed by atoms with van der Waals surface area (Å²) >= 11 is 0. The fourth-order valence-corrected chi connectivity index (χ4v) is 1.92. The maximum Gasteiger partial charge on any atom is 0.222 e. The van der Waals surface area contributed by atoms with E-state index in [1.807, 2.05) is 20.9 Å². The highest BCUT2D eigenvalue weighted by Gasteiger charge is 2.02. The van der Waals surface area contributed by atoms with Crippen molar-refractivity contribution >= 4 is 11.8 Å². The molecule has 2 amide bonds. The maximum atomic E-state index is 11.5. The second kappa shape index (κ2) is 25.8. The van der Waals surface area contributed by atoms with E-state index in [1.54, 1.807) is 0 Å². The zero-order chi connectivity index (χ0) is 22.9. The molecule has 0 atom stereocenters. The number of carbonyl (C=O) groups excluding carboxylic acids is 2. The molecular formula is C21H45N3O6. The molecule has 0 aromatic rings. The van der Waals surface area contributed by atoms with Gasteiger partial charge in [0.25, 0.3) is 0 Å². The first-order chi connectivity index (χ1) is 14.6. The van der Waals surface area contributed by atoms with Gasteiger partial charge in [-0.25, -0.2) is 0 Å². The molecule has 0 saturated carbocycles. The predicted octanol–water partition coefficient (Wildman–Crippen LogP) is 0.967. The van der Waals surface area contributed by atoms with Crippen LogP contribution in [0.3, 0.4) is 0 Å². The highest BCUT2D eigenvalue weighted by molar-refractivity contribution is 5.76. The van der Waals surface area contributed by atoms with Crippen molar-refractivity contribution in [2.45, 2.75) is 40.5 Å². The Morgan fingerprint density at radius 2 is 1.13 bits per heavy atom. The van der Waals surface area contributed by atoms with Crippen molar-refractivity contribution in [2.24, 2.45) is 5.92 Å². The molecule has 0 aromatic heterocycles. The number of rotatable bonds is 20. The molecular weight excluding hydrogens is 390 g/mol. The minimum Gasteiger partial charge on any atom is -0.379 e. The quantitative estimate of drug-likeness (QED) is 0.245. The summed E-state index contributed by atoms with van der Waals surface area (Å²) in [6.07, 6.45) is 0.841. The van der Waals surface area contributed by atoms with Gasteiger partial charge in [-0.15, -0.1) is 0 Å². The van der Waals surface area contributed by atoms with Gasteiger partial charge in [0.05, 0.1) is 52.9 Å². The van der Waals surface area contributed by atoms with Gasteiger partial charge in [-0.05, 0) is 13.0 Å². The molecule has 0 heterocycles. The normalized spacial score (nSPS) is 10.5. The molecule has 0 fully saturated rings. The highest BCUT2D eigenvalue weighted by Crippen LogP contribution is 1.90. The Hall–Kier alpha value is -1.26. The van der Waals surface area contributed by atoms with E-state index in [-0.39, 0.29) is 11.8 Å². The topological polar surface area (TPSA) is 107 Å². The lowest BCUT2D eigenvalue weighted by Gasteiger charge is -2.09. The van der Waals surface area contributed by atoms with Crippen molar-refractivity contribution in [3.05, 3.63) is 0 Å². The number of amides is 2. The first-order valence-electron chi connectivity index (χ1n) is 11.0. The SMILES string of the molecule is CC.CNCCC(=O)NCCOCCOCCOCCOCCC(=O)NCC(C)C. The van der Waals surface area contributed by atoms with Gasteiger partial charge in [-0.3, -0.25) is 9.59 Å². The van der Waals surface area contributed by atoms with Crippen LogP contribution in [-0.2, 0) is 28.5 Å². The summed E-state index contributed by atoms with van der Waals surface area (Å²) in [4.78, 5) is 22.8. The minimum absolute atomic E-state index is 0.0152. The van der Waals surface area contributed by atoms with E-state index in [1.165, 1.54) is 0 Å². The summed E-state index contributed by atoms with van der Waals surface area (Å²) in [7, 11) is 1.81. The van der Waals surface area contributed by atoms with Crippen LogP contribution < -0.4 is 16.0 Å². The monoisotopic (exact) mass is 435 g/mol. The molecule has 0 aliphatic carbocycles. The van der Waals surface area contributed by atoms with Crippen molar-refractivity contribution in [3.63, 3.8) is 0 Å². The van der Waals surface area contributed by atoms with Crippen LogP contribution in [0.4, 0.5) is 0 Å². The summed E-state index contributed by atoms with van der Waals surface area (Å²) in [5.41, 5.74) is 0. The van der Waals surface area contributed by atoms with E-state index in [9.17, 15) is 9.59 Å². The first-order valence-corrected chi connectivity index (χ1v) is 11.0. The number of carbonyl (C=O) groups is 2. The van der Waals surface area contributed by atoms with Crippen LogP contribution in [0.2, 0.25) is 0 Å². The summed E-state index contributed by atoms with van der Waals surface area (Å²) in [5, 5.41) is 8.54. The number of ether oxygens (including phenoxy) is 4. The summed E-state index contributed by atoms with van der Waals surface area (Å²) < 4.78 is 21.5. The lowest BCUT2D eigenvalue weighted by molar-refractivity contribution is -0.122. The Labute approximate surface area is 182 Å². The molecule has 0 aromatic carbocycles. The lowest BCUT2D eigenvalue weighted by Crippen LogP contribution is -2.29. The average molecular weight is 436 g/mol. The van der Waals surface area contributed by atoms with Gasteiger partial charge in [0, 0.05) is 32.5 Å². The molecule has 0 saturated heterocycles. The molecule has 0 unspecified atom stereocenters. The molecule has 0 radical (unpaired) electrons. The standard InChI is InChI=1S/C19H39N3O6.C2H6/c1-17(2)16-22-19(24)5-8-25-10-12-27-14-15-28-13-11-26-9-7-21-18(23)4-6-20-3;1-2/h17,20H,4-16H2,1-3H3,(H,21,23)(H,22,24);1-2H3. The van der Waals surface area contributed by atoms with Crippen molar-refractivity contribution in [2.75, 3.05) is 79.5 Å². The van der Waals surface area contributed by atoms with Gasteiger partial charge in [0.15, 0.2) is 0 Å². The smallest absolute Gasteiger partial charge is 0.222 e. The lowest BCUT2D eigenvalue weighted by atomic mass is 10.2. The van der Waals surface area contributed by atoms with Crippen molar-refractivity contribution < 1.29 is 28.5 Å². The van der Waals surface area contributed by atoms with Crippen molar-refractivity contribution in [1.82, 2.24) is 16.0 Å². The van der Waals surface area contributed by atoms with Gasteiger partial charge in [0.1, 0.15) is 0 Å². The van der Waals surface area contributed by atoms with E-state index in [2.05, 4.69) is 29.8 Å². The zero-order valence-corrected chi connectivity index (χ0v) is 19.7. The molecule has 9 heteroatoms. The molecule has 180 valence electrons. The van der Waals surface area contributed by atoms with Crippen molar-refractivity contribution in [3.8, 4) is 0 Å². The second-order valence-corrected chi connectivity index (χ2v) is 6.60. The molecule has 30 heavy (non-hydrogen) atoms. The fraction of sp³-hybridized carbons (Fsp3) is 0.905. The Kier molecular flexibility index (Phi) is 26.6. The van der Waals surface area contributed by atoms with E-state index >= 15 is 0 Å². The van der Waals surface area contributed by atoms with E-state index in [4.69, 9.17) is 18.9 Å². The first kappa shape index (κ1) is 30.9. The maximum absolute atomic E-state index is 11.5. The fourth-order valence-electron chi connectivity index (χ4n) is 1.92. The third-order valence-corrected chi connectivity index (χ3v) is 3.47. The van der Waals surface area contributed by atoms with E-state index in [0.717, 1.165) is 0 Å². The van der Waals surface area contributed by atoms with Crippen LogP contribution in [0.15, 0.2) is 0 Å². The number of hydrogen-bond acceptors (Lipinski definition) is 7. The van der Waals surface area contributed by atoms with E-state index in [0.29, 0.717) is 91.2 Å². The summed E-state index contributed by atoms with van der Waals surface area (Å²) in [6.45, 7) is 13.7. The molecule has 0 bridgehead atoms. The van der Waals surface area contributed by atoms with Crippen LogP contribution in [0.5, 0.6) is 0 Å². The Morgan fingerprint density at radius 3 is 1.63 bits per heavy atom. The molecule has 0 rings (SSSR count). The molecule has 0 aliphatic rings. The molecule has 3 N–H and O–H groups in total. The van der Waals surface area contributed by atoms with Crippen LogP contribution >= 0.6 is 0 Å². The van der Waals surface area contributed by atoms with Gasteiger partial charge in [-0.2, -0.15) is 0 Å². The Bertz CT molecular complexity index is 384. The van der Waals surface area contributed by atoms with Crippen molar-refractivity contribution in [1.29, 1.82) is 0 Å². The number of hydrogen-bond donors (Lipinski definition) is 3.